The monoisotopic (exact) mass is 195 g/mol. The van der Waals surface area contributed by atoms with E-state index in [1.807, 2.05) is 0 Å². The second kappa shape index (κ2) is 2.74. The van der Waals surface area contributed by atoms with Gasteiger partial charge in [0.15, 0.2) is 6.20 Å². The van der Waals surface area contributed by atoms with Crippen molar-refractivity contribution in [2.45, 2.75) is 6.92 Å². The predicted molar refractivity (Wildman–Crippen MR) is 48.8 cm³/mol. The van der Waals surface area contributed by atoms with Crippen molar-refractivity contribution in [3.05, 3.63) is 27.4 Å². The normalized spacial score (nSPS) is 10.5. The van der Waals surface area contributed by atoms with Crippen LogP contribution >= 0.6 is 11.3 Å². The van der Waals surface area contributed by atoms with Gasteiger partial charge in [0.1, 0.15) is 5.52 Å². The Hall–Kier alpha value is -1.56. The zero-order chi connectivity index (χ0) is 9.42. The maximum atomic E-state index is 10.5. The van der Waals surface area contributed by atoms with Crippen LogP contribution < -0.4 is 0 Å². The summed E-state index contributed by atoms with van der Waals surface area (Å²) in [5.41, 5.74) is 2.96. The van der Waals surface area contributed by atoms with E-state index < -0.39 is 4.92 Å². The molecule has 2 aromatic rings. The zero-order valence-corrected chi connectivity index (χ0v) is 7.54. The van der Waals surface area contributed by atoms with Crippen LogP contribution in [0.2, 0.25) is 0 Å². The van der Waals surface area contributed by atoms with Gasteiger partial charge < -0.3 is 10.1 Å². The second-order valence-corrected chi connectivity index (χ2v) is 3.39. The minimum Gasteiger partial charge on any atom is -0.358 e. The number of pyridine rings is 1. The Balaban J connectivity index is 2.80. The highest BCUT2D eigenvalue weighted by Crippen LogP contribution is 2.26. The van der Waals surface area contributed by atoms with Crippen molar-refractivity contribution in [1.29, 1.82) is 0 Å². The van der Waals surface area contributed by atoms with E-state index in [-0.39, 0.29) is 5.82 Å². The van der Waals surface area contributed by atoms with E-state index in [0.717, 1.165) is 4.70 Å². The molecule has 0 aromatic carbocycles. The summed E-state index contributed by atoms with van der Waals surface area (Å²) in [7, 11) is 0. The minimum absolute atomic E-state index is 0.0863. The molecule has 0 bridgehead atoms. The Morgan fingerprint density at radius 3 is 3.00 bits per heavy atom. The molecule has 0 atom stereocenters. The number of aryl methyl sites for hydroxylation is 1. The molecule has 0 fully saturated rings. The fourth-order valence-electron chi connectivity index (χ4n) is 1.13. The van der Waals surface area contributed by atoms with Crippen molar-refractivity contribution in [3.8, 4) is 0 Å². The molecule has 2 heterocycles. The van der Waals surface area contributed by atoms with Crippen molar-refractivity contribution in [2.24, 2.45) is 0 Å². The highest BCUT2D eigenvalue weighted by molar-refractivity contribution is 7.17. The Morgan fingerprint density at radius 1 is 1.54 bits per heavy atom. The number of nitrogens with zero attached hydrogens (tertiary/aromatic N) is 3. The van der Waals surface area contributed by atoms with Crippen LogP contribution in [0.25, 0.3) is 10.2 Å². The van der Waals surface area contributed by atoms with E-state index >= 15 is 0 Å². The fraction of sp³-hybridized carbons (Fsp3) is 0.143. The van der Waals surface area contributed by atoms with Crippen molar-refractivity contribution >= 4 is 27.4 Å². The van der Waals surface area contributed by atoms with Crippen molar-refractivity contribution in [3.63, 3.8) is 0 Å². The van der Waals surface area contributed by atoms with E-state index in [9.17, 15) is 10.1 Å². The lowest BCUT2D eigenvalue weighted by Gasteiger charge is -1.95. The number of hydrogen-bond donors (Lipinski definition) is 0. The second-order valence-electron chi connectivity index (χ2n) is 2.53. The molecule has 2 aromatic heterocycles. The van der Waals surface area contributed by atoms with Crippen LogP contribution in [-0.2, 0) is 0 Å². The predicted octanol–water partition coefficient (Wildman–Crippen LogP) is 1.91. The van der Waals surface area contributed by atoms with Crippen LogP contribution in [0.3, 0.4) is 0 Å². The lowest BCUT2D eigenvalue weighted by molar-refractivity contribution is -0.390. The molecule has 0 aliphatic heterocycles. The van der Waals surface area contributed by atoms with Gasteiger partial charge in [0.25, 0.3) is 0 Å². The van der Waals surface area contributed by atoms with Crippen LogP contribution in [-0.4, -0.2) is 14.9 Å². The van der Waals surface area contributed by atoms with E-state index in [1.165, 1.54) is 17.5 Å². The molecule has 0 unspecified atom stereocenters. The first kappa shape index (κ1) is 8.06. The van der Waals surface area contributed by atoms with E-state index in [1.54, 1.807) is 12.4 Å². The summed E-state index contributed by atoms with van der Waals surface area (Å²) in [5.74, 6) is -0.0863. The van der Waals surface area contributed by atoms with Gasteiger partial charge in [0.2, 0.25) is 0 Å². The highest BCUT2D eigenvalue weighted by Gasteiger charge is 2.16. The Labute approximate surface area is 77.2 Å². The van der Waals surface area contributed by atoms with Gasteiger partial charge in [0.05, 0.1) is 15.8 Å². The molecule has 0 spiro atoms. The fourth-order valence-corrected chi connectivity index (χ4v) is 1.90. The van der Waals surface area contributed by atoms with E-state index in [2.05, 4.69) is 9.97 Å². The van der Waals surface area contributed by atoms with Gasteiger partial charge in [0, 0.05) is 0 Å². The largest absolute Gasteiger partial charge is 0.367 e. The summed E-state index contributed by atoms with van der Waals surface area (Å²) in [4.78, 5) is 17.8. The van der Waals surface area contributed by atoms with Crippen molar-refractivity contribution in [2.75, 3.05) is 0 Å². The summed E-state index contributed by atoms with van der Waals surface area (Å²) in [6.45, 7) is 1.69. The first-order valence-electron chi connectivity index (χ1n) is 3.53. The van der Waals surface area contributed by atoms with Crippen LogP contribution in [0.15, 0.2) is 11.7 Å². The molecule has 5 nitrogen and oxygen atoms in total. The lowest BCUT2D eigenvalue weighted by atomic mass is 10.3. The topological polar surface area (TPSA) is 68.9 Å². The summed E-state index contributed by atoms with van der Waals surface area (Å²) in [6.07, 6.45) is 1.43. The standard InChI is InChI=1S/C7H5N3O2S/c1-4-6-5(9-3-13-6)2-8-7(4)10(11)12/h2-3H,1H3. The van der Waals surface area contributed by atoms with Crippen LogP contribution in [0, 0.1) is 17.0 Å². The first-order valence-corrected chi connectivity index (χ1v) is 4.41. The van der Waals surface area contributed by atoms with Gasteiger partial charge >= 0.3 is 5.82 Å². The number of aromatic nitrogens is 2. The molecule has 0 N–H and O–H groups in total. The SMILES string of the molecule is Cc1c([N+](=O)[O-])ncc2ncsc12. The average Bonchev–Trinajstić information content (AvgIpc) is 2.52. The maximum absolute atomic E-state index is 10.5. The number of thiazole rings is 1. The number of rotatable bonds is 1. The molecule has 6 heteroatoms. The van der Waals surface area contributed by atoms with Gasteiger partial charge in [-0.15, -0.1) is 11.3 Å². The number of hydrogen-bond acceptors (Lipinski definition) is 5. The Morgan fingerprint density at radius 2 is 2.31 bits per heavy atom. The molecule has 0 saturated carbocycles. The smallest absolute Gasteiger partial charge is 0.358 e. The van der Waals surface area contributed by atoms with Gasteiger partial charge in [-0.25, -0.2) is 4.98 Å². The van der Waals surface area contributed by atoms with Crippen LogP contribution in [0.4, 0.5) is 5.82 Å². The van der Waals surface area contributed by atoms with Crippen LogP contribution in [0.1, 0.15) is 5.56 Å². The summed E-state index contributed by atoms with van der Waals surface area (Å²) in [5, 5.41) is 10.5. The third kappa shape index (κ3) is 1.15. The molecular weight excluding hydrogens is 190 g/mol. The van der Waals surface area contributed by atoms with Gasteiger partial charge in [-0.3, -0.25) is 0 Å². The van der Waals surface area contributed by atoms with E-state index in [0.29, 0.717) is 11.1 Å². The Kier molecular flexibility index (Phi) is 1.70. The molecule has 66 valence electrons. The summed E-state index contributed by atoms with van der Waals surface area (Å²) >= 11 is 1.39. The number of fused-ring (bicyclic) bond motifs is 1. The molecule has 2 rings (SSSR count). The molecule has 13 heavy (non-hydrogen) atoms. The highest BCUT2D eigenvalue weighted by atomic mass is 32.1. The van der Waals surface area contributed by atoms with Gasteiger partial charge in [-0.2, -0.15) is 0 Å². The summed E-state index contributed by atoms with van der Waals surface area (Å²) in [6, 6.07) is 0. The zero-order valence-electron chi connectivity index (χ0n) is 6.72. The van der Waals surface area contributed by atoms with E-state index in [4.69, 9.17) is 0 Å². The quantitative estimate of drug-likeness (QED) is 0.514. The summed E-state index contributed by atoms with van der Waals surface area (Å²) < 4.78 is 0.835. The van der Waals surface area contributed by atoms with Crippen molar-refractivity contribution < 1.29 is 4.92 Å². The molecular formula is C7H5N3O2S. The van der Waals surface area contributed by atoms with Crippen LogP contribution in [0.5, 0.6) is 0 Å². The molecule has 0 saturated heterocycles. The lowest BCUT2D eigenvalue weighted by Crippen LogP contribution is -1.94. The molecule has 0 amide bonds. The average molecular weight is 195 g/mol. The molecule has 0 radical (unpaired) electrons. The maximum Gasteiger partial charge on any atom is 0.367 e. The third-order valence-electron chi connectivity index (χ3n) is 1.75. The molecule has 0 aliphatic carbocycles. The third-order valence-corrected chi connectivity index (χ3v) is 2.71. The Bertz CT molecular complexity index is 480. The van der Waals surface area contributed by atoms with Gasteiger partial charge in [-0.05, 0) is 16.8 Å². The molecule has 0 aliphatic rings. The minimum atomic E-state index is -0.478. The van der Waals surface area contributed by atoms with Crippen molar-refractivity contribution in [1.82, 2.24) is 9.97 Å². The first-order chi connectivity index (χ1) is 6.20. The number of nitro groups is 1. The van der Waals surface area contributed by atoms with Gasteiger partial charge in [-0.1, -0.05) is 0 Å².